The number of aromatic nitrogens is 1. The third-order valence-corrected chi connectivity index (χ3v) is 5.54. The number of methoxy groups -OCH3 is 1. The number of halogens is 1. The summed E-state index contributed by atoms with van der Waals surface area (Å²) < 4.78 is 6.24. The summed E-state index contributed by atoms with van der Waals surface area (Å²) in [5.41, 5.74) is 3.29. The Hall–Kier alpha value is -1.56. The van der Waals surface area contributed by atoms with Gasteiger partial charge in [0, 0.05) is 32.9 Å². The van der Waals surface area contributed by atoms with Crippen LogP contribution in [-0.4, -0.2) is 17.1 Å². The largest absolute Gasteiger partial charge is 0.486 e. The molecule has 0 atom stereocenters. The SMILES string of the molecule is COC(=S)c1sc(-c2ccccc2)cc1-c1ccncc1Br. The minimum atomic E-state index is 0.505. The van der Waals surface area contributed by atoms with Crippen molar-refractivity contribution in [2.75, 3.05) is 7.11 Å². The van der Waals surface area contributed by atoms with Crippen LogP contribution in [-0.2, 0) is 4.74 Å². The monoisotopic (exact) mass is 389 g/mol. The minimum Gasteiger partial charge on any atom is -0.486 e. The molecule has 0 N–H and O–H groups in total. The van der Waals surface area contributed by atoms with Crippen LogP contribution in [0.4, 0.5) is 0 Å². The smallest absolute Gasteiger partial charge is 0.201 e. The van der Waals surface area contributed by atoms with Gasteiger partial charge in [-0.25, -0.2) is 0 Å². The molecular weight excluding hydrogens is 378 g/mol. The highest BCUT2D eigenvalue weighted by molar-refractivity contribution is 9.10. The van der Waals surface area contributed by atoms with E-state index in [1.54, 1.807) is 30.8 Å². The maximum Gasteiger partial charge on any atom is 0.201 e. The summed E-state index contributed by atoms with van der Waals surface area (Å²) in [4.78, 5) is 6.24. The van der Waals surface area contributed by atoms with E-state index in [-0.39, 0.29) is 0 Å². The fraction of sp³-hybridized carbons (Fsp3) is 0.0588. The average Bonchev–Trinajstić information content (AvgIpc) is 3.00. The topological polar surface area (TPSA) is 22.1 Å². The summed E-state index contributed by atoms with van der Waals surface area (Å²) >= 11 is 10.6. The van der Waals surface area contributed by atoms with Gasteiger partial charge in [0.2, 0.25) is 5.05 Å². The molecule has 3 aromatic rings. The van der Waals surface area contributed by atoms with Gasteiger partial charge in [0.25, 0.3) is 0 Å². The van der Waals surface area contributed by atoms with Gasteiger partial charge in [0.1, 0.15) is 0 Å². The molecule has 0 spiro atoms. The standard InChI is InChI=1S/C17H12BrNOS2/c1-20-17(21)16-13(12-7-8-19-10-14(12)18)9-15(22-16)11-5-3-2-4-6-11/h2-10H,1H3. The molecule has 5 heteroatoms. The molecule has 2 heterocycles. The third kappa shape index (κ3) is 2.97. The fourth-order valence-corrected chi connectivity index (χ4v) is 3.97. The Kier molecular flexibility index (Phi) is 4.66. The molecular formula is C17H12BrNOS2. The second-order valence-electron chi connectivity index (χ2n) is 4.57. The third-order valence-electron chi connectivity index (χ3n) is 3.22. The van der Waals surface area contributed by atoms with Gasteiger partial charge >= 0.3 is 0 Å². The number of pyridine rings is 1. The molecule has 110 valence electrons. The average molecular weight is 390 g/mol. The van der Waals surface area contributed by atoms with E-state index in [1.807, 2.05) is 24.3 Å². The Morgan fingerprint density at radius 2 is 1.95 bits per heavy atom. The summed E-state index contributed by atoms with van der Waals surface area (Å²) in [6.45, 7) is 0. The molecule has 3 rings (SSSR count). The molecule has 0 saturated carbocycles. The summed E-state index contributed by atoms with van der Waals surface area (Å²) in [5, 5.41) is 0.505. The lowest BCUT2D eigenvalue weighted by molar-refractivity contribution is 0.417. The van der Waals surface area contributed by atoms with Crippen LogP contribution < -0.4 is 0 Å². The van der Waals surface area contributed by atoms with Gasteiger partial charge in [0.05, 0.1) is 12.0 Å². The number of thiophene rings is 1. The van der Waals surface area contributed by atoms with Crippen molar-refractivity contribution in [2.24, 2.45) is 0 Å². The first-order valence-corrected chi connectivity index (χ1v) is 8.60. The number of hydrogen-bond acceptors (Lipinski definition) is 4. The molecule has 0 aliphatic rings. The first kappa shape index (κ1) is 15.3. The van der Waals surface area contributed by atoms with Crippen LogP contribution in [0.3, 0.4) is 0 Å². The zero-order valence-corrected chi connectivity index (χ0v) is 15.0. The second-order valence-corrected chi connectivity index (χ2v) is 6.84. The van der Waals surface area contributed by atoms with Gasteiger partial charge in [-0.05, 0) is 45.8 Å². The van der Waals surface area contributed by atoms with E-state index >= 15 is 0 Å². The van der Waals surface area contributed by atoms with Crippen LogP contribution in [0.15, 0.2) is 59.3 Å². The van der Waals surface area contributed by atoms with Crippen LogP contribution in [0, 0.1) is 0 Å². The lowest BCUT2D eigenvalue weighted by Gasteiger charge is -2.05. The number of benzene rings is 1. The van der Waals surface area contributed by atoms with Gasteiger partial charge in [-0.15, -0.1) is 11.3 Å². The Balaban J connectivity index is 2.19. The molecule has 2 aromatic heterocycles. The number of ether oxygens (including phenoxy) is 1. The Labute approximate surface area is 146 Å². The van der Waals surface area contributed by atoms with Crippen molar-refractivity contribution < 1.29 is 4.74 Å². The van der Waals surface area contributed by atoms with Crippen molar-refractivity contribution in [2.45, 2.75) is 0 Å². The number of nitrogens with zero attached hydrogens (tertiary/aromatic N) is 1. The van der Waals surface area contributed by atoms with E-state index in [0.29, 0.717) is 5.05 Å². The second kappa shape index (κ2) is 6.69. The maximum absolute atomic E-state index is 5.37. The minimum absolute atomic E-state index is 0.505. The molecule has 0 saturated heterocycles. The first-order valence-electron chi connectivity index (χ1n) is 6.58. The predicted octanol–water partition coefficient (Wildman–Crippen LogP) is 5.56. The molecule has 22 heavy (non-hydrogen) atoms. The van der Waals surface area contributed by atoms with Gasteiger partial charge in [-0.2, -0.15) is 0 Å². The zero-order chi connectivity index (χ0) is 15.5. The zero-order valence-electron chi connectivity index (χ0n) is 11.7. The lowest BCUT2D eigenvalue weighted by atomic mass is 10.1. The van der Waals surface area contributed by atoms with Gasteiger partial charge in [0.15, 0.2) is 0 Å². The highest BCUT2D eigenvalue weighted by Crippen LogP contribution is 2.40. The highest BCUT2D eigenvalue weighted by Gasteiger charge is 2.18. The van der Waals surface area contributed by atoms with Crippen LogP contribution in [0.25, 0.3) is 21.6 Å². The van der Waals surface area contributed by atoms with Crippen molar-refractivity contribution in [3.63, 3.8) is 0 Å². The van der Waals surface area contributed by atoms with Crippen LogP contribution in [0.1, 0.15) is 4.88 Å². The van der Waals surface area contributed by atoms with Crippen LogP contribution >= 0.6 is 39.5 Å². The Morgan fingerprint density at radius 1 is 1.18 bits per heavy atom. The summed E-state index contributed by atoms with van der Waals surface area (Å²) in [5.74, 6) is 0. The molecule has 0 aliphatic carbocycles. The molecule has 0 unspecified atom stereocenters. The first-order chi connectivity index (χ1) is 10.7. The number of hydrogen-bond donors (Lipinski definition) is 0. The van der Waals surface area contributed by atoms with E-state index in [2.05, 4.69) is 39.1 Å². The molecule has 0 fully saturated rings. The van der Waals surface area contributed by atoms with E-state index in [1.165, 1.54) is 5.56 Å². The van der Waals surface area contributed by atoms with Crippen molar-refractivity contribution in [1.82, 2.24) is 4.98 Å². The molecule has 0 radical (unpaired) electrons. The van der Waals surface area contributed by atoms with E-state index in [9.17, 15) is 0 Å². The molecule has 0 amide bonds. The normalized spacial score (nSPS) is 10.5. The van der Waals surface area contributed by atoms with Gasteiger partial charge in [-0.3, -0.25) is 4.98 Å². The van der Waals surface area contributed by atoms with E-state index < -0.39 is 0 Å². The van der Waals surface area contributed by atoms with Crippen molar-refractivity contribution >= 4 is 44.5 Å². The van der Waals surface area contributed by atoms with Gasteiger partial charge in [-0.1, -0.05) is 30.3 Å². The molecule has 1 aromatic carbocycles. The van der Waals surface area contributed by atoms with Crippen molar-refractivity contribution in [3.05, 3.63) is 64.2 Å². The van der Waals surface area contributed by atoms with E-state index in [0.717, 1.165) is 25.4 Å². The number of rotatable bonds is 3. The van der Waals surface area contributed by atoms with E-state index in [4.69, 9.17) is 17.0 Å². The predicted molar refractivity (Wildman–Crippen MR) is 99.4 cm³/mol. The summed E-state index contributed by atoms with van der Waals surface area (Å²) in [6, 6.07) is 14.4. The van der Waals surface area contributed by atoms with Crippen LogP contribution in [0.5, 0.6) is 0 Å². The van der Waals surface area contributed by atoms with Crippen molar-refractivity contribution in [1.29, 1.82) is 0 Å². The Morgan fingerprint density at radius 3 is 2.64 bits per heavy atom. The lowest BCUT2D eigenvalue weighted by Crippen LogP contribution is -1.98. The molecule has 0 aliphatic heterocycles. The van der Waals surface area contributed by atoms with Crippen molar-refractivity contribution in [3.8, 4) is 21.6 Å². The number of thiocarbonyl (C=S) groups is 1. The van der Waals surface area contributed by atoms with Crippen LogP contribution in [0.2, 0.25) is 0 Å². The Bertz CT molecular complexity index is 815. The molecule has 0 bridgehead atoms. The summed E-state index contributed by atoms with van der Waals surface area (Å²) in [7, 11) is 1.61. The quantitative estimate of drug-likeness (QED) is 0.547. The summed E-state index contributed by atoms with van der Waals surface area (Å²) in [6.07, 6.45) is 3.56. The molecule has 2 nitrogen and oxygen atoms in total. The van der Waals surface area contributed by atoms with Gasteiger partial charge < -0.3 is 4.74 Å². The fourth-order valence-electron chi connectivity index (χ4n) is 2.17. The highest BCUT2D eigenvalue weighted by atomic mass is 79.9. The maximum atomic E-state index is 5.37.